The number of ether oxygens (including phenoxy) is 1. The highest BCUT2D eigenvalue weighted by Crippen LogP contribution is 2.24. The first-order chi connectivity index (χ1) is 21.7. The fraction of sp³-hybridized carbons (Fsp3) is 0.553. The molecule has 1 amide bonds. The summed E-state index contributed by atoms with van der Waals surface area (Å²) < 4.78 is 6.74. The normalized spacial score (nSPS) is 11.5. The zero-order valence-electron chi connectivity index (χ0n) is 28.6. The zero-order valence-corrected chi connectivity index (χ0v) is 28.6. The maximum absolute atomic E-state index is 14.0. The number of hydrogen-bond donors (Lipinski definition) is 0. The Morgan fingerprint density at radius 3 is 2.04 bits per heavy atom. The molecule has 0 saturated carbocycles. The Morgan fingerprint density at radius 2 is 1.44 bits per heavy atom. The lowest BCUT2D eigenvalue weighted by Crippen LogP contribution is -2.38. The van der Waals surface area contributed by atoms with Crippen molar-refractivity contribution in [3.63, 3.8) is 0 Å². The van der Waals surface area contributed by atoms with E-state index in [0.717, 1.165) is 49.7 Å². The van der Waals surface area contributed by atoms with E-state index in [1.54, 1.807) is 6.07 Å². The van der Waals surface area contributed by atoms with E-state index in [0.29, 0.717) is 23.4 Å². The van der Waals surface area contributed by atoms with Gasteiger partial charge in [-0.25, -0.2) is 0 Å². The summed E-state index contributed by atoms with van der Waals surface area (Å²) in [6.45, 7) is 14.5. The largest absolute Gasteiger partial charge is 0.468 e. The topological polar surface area (TPSA) is 71.3 Å². The van der Waals surface area contributed by atoms with Crippen molar-refractivity contribution < 1.29 is 19.1 Å². The smallest absolute Gasteiger partial charge is 0.325 e. The van der Waals surface area contributed by atoms with Gasteiger partial charge >= 0.3 is 5.97 Å². The van der Waals surface area contributed by atoms with Gasteiger partial charge < -0.3 is 18.9 Å². The standard InChI is InChI=1S/C38H55N3O4/c1-7-10-15-32-25-34-26-33(38(44)40(27-29(4)5)28-35(42)45-6)20-24-41(34)36(32)37(43)31-18-16-30(17-19-31)14-13-23-39(21-11-8-2)22-12-9-3/h16-20,24-26,29H,7-15,21-23,27-28H2,1-6H3. The monoisotopic (exact) mass is 617 g/mol. The molecule has 1 aromatic carbocycles. The molecule has 0 aliphatic carbocycles. The number of aryl methyl sites for hydroxylation is 2. The number of rotatable bonds is 20. The predicted octanol–water partition coefficient (Wildman–Crippen LogP) is 7.62. The van der Waals surface area contributed by atoms with E-state index >= 15 is 0 Å². The molecule has 0 unspecified atom stereocenters. The van der Waals surface area contributed by atoms with E-state index in [9.17, 15) is 14.4 Å². The number of methoxy groups -OCH3 is 1. The van der Waals surface area contributed by atoms with Crippen LogP contribution >= 0.6 is 0 Å². The summed E-state index contributed by atoms with van der Waals surface area (Å²) in [6, 6.07) is 13.7. The number of carbonyl (C=O) groups is 3. The van der Waals surface area contributed by atoms with Gasteiger partial charge in [0.2, 0.25) is 5.78 Å². The molecule has 0 atom stereocenters. The number of pyridine rings is 1. The van der Waals surface area contributed by atoms with Crippen LogP contribution in [0, 0.1) is 5.92 Å². The molecule has 0 bridgehead atoms. The predicted molar refractivity (Wildman–Crippen MR) is 183 cm³/mol. The molecule has 45 heavy (non-hydrogen) atoms. The average Bonchev–Trinajstić information content (AvgIpc) is 3.41. The van der Waals surface area contributed by atoms with Gasteiger partial charge in [0, 0.05) is 29.4 Å². The second kappa shape index (κ2) is 18.5. The Kier molecular flexibility index (Phi) is 14.8. The van der Waals surface area contributed by atoms with Crippen LogP contribution in [-0.2, 0) is 22.4 Å². The van der Waals surface area contributed by atoms with E-state index in [2.05, 4.69) is 37.8 Å². The summed E-state index contributed by atoms with van der Waals surface area (Å²) in [7, 11) is 1.33. The van der Waals surface area contributed by atoms with Gasteiger partial charge in [-0.3, -0.25) is 14.4 Å². The van der Waals surface area contributed by atoms with Gasteiger partial charge in [0.15, 0.2) is 0 Å². The van der Waals surface area contributed by atoms with Crippen molar-refractivity contribution in [2.45, 2.75) is 92.4 Å². The number of aromatic nitrogens is 1. The number of esters is 1. The summed E-state index contributed by atoms with van der Waals surface area (Å²) in [5.74, 6) is -0.494. The molecule has 7 heteroatoms. The zero-order chi connectivity index (χ0) is 32.8. The van der Waals surface area contributed by atoms with Gasteiger partial charge in [0.05, 0.1) is 12.8 Å². The number of ketones is 1. The minimum absolute atomic E-state index is 0.0100. The lowest BCUT2D eigenvalue weighted by Gasteiger charge is -2.23. The molecular weight excluding hydrogens is 562 g/mol. The van der Waals surface area contributed by atoms with Crippen molar-refractivity contribution in [1.29, 1.82) is 0 Å². The number of nitrogens with zero attached hydrogens (tertiary/aromatic N) is 3. The molecule has 0 aliphatic rings. The lowest BCUT2D eigenvalue weighted by molar-refractivity contribution is -0.141. The third kappa shape index (κ3) is 10.6. The fourth-order valence-electron chi connectivity index (χ4n) is 5.81. The molecule has 0 spiro atoms. The first kappa shape index (κ1) is 36.0. The van der Waals surface area contributed by atoms with Crippen LogP contribution in [0.2, 0.25) is 0 Å². The first-order valence-corrected chi connectivity index (χ1v) is 17.1. The number of fused-ring (bicyclic) bond motifs is 1. The van der Waals surface area contributed by atoms with Crippen LogP contribution in [0.1, 0.15) is 117 Å². The van der Waals surface area contributed by atoms with Crippen LogP contribution in [0.5, 0.6) is 0 Å². The van der Waals surface area contributed by atoms with Gasteiger partial charge in [-0.05, 0) is 93.4 Å². The molecule has 2 aromatic heterocycles. The highest BCUT2D eigenvalue weighted by Gasteiger charge is 2.23. The summed E-state index contributed by atoms with van der Waals surface area (Å²) in [4.78, 5) is 43.6. The van der Waals surface area contributed by atoms with Crippen LogP contribution < -0.4 is 0 Å². The van der Waals surface area contributed by atoms with Crippen LogP contribution in [0.4, 0.5) is 0 Å². The van der Waals surface area contributed by atoms with E-state index in [1.807, 2.05) is 48.7 Å². The number of unbranched alkanes of at least 4 members (excludes halogenated alkanes) is 3. The molecule has 0 N–H and O–H groups in total. The number of amides is 1. The van der Waals surface area contributed by atoms with Gasteiger partial charge in [-0.2, -0.15) is 0 Å². The van der Waals surface area contributed by atoms with Gasteiger partial charge in [-0.1, -0.05) is 78.1 Å². The molecular formula is C38H55N3O4. The van der Waals surface area contributed by atoms with Crippen LogP contribution in [-0.4, -0.2) is 71.7 Å². The SMILES string of the molecule is CCCCc1cc2cc(C(=O)N(CC(=O)OC)CC(C)C)ccn2c1C(=O)c1ccc(CCCN(CCCC)CCCC)cc1. The van der Waals surface area contributed by atoms with E-state index in [1.165, 1.54) is 56.3 Å². The van der Waals surface area contributed by atoms with E-state index < -0.39 is 5.97 Å². The lowest BCUT2D eigenvalue weighted by atomic mass is 10.00. The Hall–Kier alpha value is -3.45. The summed E-state index contributed by atoms with van der Waals surface area (Å²) >= 11 is 0. The van der Waals surface area contributed by atoms with E-state index in [4.69, 9.17) is 4.74 Å². The number of benzene rings is 1. The quantitative estimate of drug-likeness (QED) is 0.0964. The molecule has 2 heterocycles. The second-order valence-electron chi connectivity index (χ2n) is 12.7. The minimum Gasteiger partial charge on any atom is -0.468 e. The van der Waals surface area contributed by atoms with Crippen LogP contribution in [0.25, 0.3) is 5.52 Å². The molecule has 0 saturated heterocycles. The van der Waals surface area contributed by atoms with Gasteiger partial charge in [0.1, 0.15) is 6.54 Å². The molecule has 246 valence electrons. The Morgan fingerprint density at radius 1 is 0.800 bits per heavy atom. The Balaban J connectivity index is 1.81. The summed E-state index contributed by atoms with van der Waals surface area (Å²) in [5, 5.41) is 0. The van der Waals surface area contributed by atoms with Crippen molar-refractivity contribution in [2.75, 3.05) is 39.8 Å². The molecule has 7 nitrogen and oxygen atoms in total. The molecule has 0 fully saturated rings. The molecule has 0 aliphatic heterocycles. The van der Waals surface area contributed by atoms with Crippen molar-refractivity contribution in [3.05, 3.63) is 76.6 Å². The maximum Gasteiger partial charge on any atom is 0.325 e. The summed E-state index contributed by atoms with van der Waals surface area (Å²) in [6.07, 6.45) is 11.6. The third-order valence-electron chi connectivity index (χ3n) is 8.35. The highest BCUT2D eigenvalue weighted by atomic mass is 16.5. The van der Waals surface area contributed by atoms with Crippen LogP contribution in [0.3, 0.4) is 0 Å². The fourth-order valence-corrected chi connectivity index (χ4v) is 5.81. The minimum atomic E-state index is -0.450. The van der Waals surface area contributed by atoms with Gasteiger partial charge in [-0.15, -0.1) is 0 Å². The second-order valence-corrected chi connectivity index (χ2v) is 12.7. The van der Waals surface area contributed by atoms with Crippen LogP contribution in [0.15, 0.2) is 48.7 Å². The van der Waals surface area contributed by atoms with E-state index in [-0.39, 0.29) is 24.2 Å². The average molecular weight is 618 g/mol. The van der Waals surface area contributed by atoms with Gasteiger partial charge in [0.25, 0.3) is 5.91 Å². The molecule has 3 rings (SSSR count). The Bertz CT molecular complexity index is 1370. The van der Waals surface area contributed by atoms with Crippen molar-refractivity contribution in [1.82, 2.24) is 14.2 Å². The molecule has 3 aromatic rings. The first-order valence-electron chi connectivity index (χ1n) is 17.1. The van der Waals surface area contributed by atoms with Crippen molar-refractivity contribution >= 4 is 23.2 Å². The maximum atomic E-state index is 14.0. The molecule has 0 radical (unpaired) electrons. The number of carbonyl (C=O) groups excluding carboxylic acids is 3. The Labute approximate surface area is 270 Å². The summed E-state index contributed by atoms with van der Waals surface area (Å²) in [5.41, 5.74) is 4.85. The highest BCUT2D eigenvalue weighted by molar-refractivity contribution is 6.10. The van der Waals surface area contributed by atoms with Crippen molar-refractivity contribution in [3.8, 4) is 0 Å². The number of hydrogen-bond acceptors (Lipinski definition) is 5. The van der Waals surface area contributed by atoms with Crippen molar-refractivity contribution in [2.24, 2.45) is 5.92 Å². The third-order valence-corrected chi connectivity index (χ3v) is 8.35.